The second-order valence-electron chi connectivity index (χ2n) is 4.00. The number of aliphatic imine (C=N–C) groups is 1. The molecule has 0 saturated heterocycles. The summed E-state index contributed by atoms with van der Waals surface area (Å²) >= 11 is 0. The molecule has 4 N–H and O–H groups in total. The first-order valence-corrected chi connectivity index (χ1v) is 6.02. The molecule has 1 aromatic rings. The van der Waals surface area contributed by atoms with Crippen molar-refractivity contribution in [3.63, 3.8) is 0 Å². The van der Waals surface area contributed by atoms with Crippen LogP contribution in [-0.4, -0.2) is 25.6 Å². The van der Waals surface area contributed by atoms with E-state index in [1.807, 2.05) is 32.9 Å². The van der Waals surface area contributed by atoms with E-state index in [1.165, 1.54) is 7.05 Å². The van der Waals surface area contributed by atoms with E-state index in [9.17, 15) is 4.79 Å². The summed E-state index contributed by atoms with van der Waals surface area (Å²) in [7, 11) is 1.50. The van der Waals surface area contributed by atoms with Crippen molar-refractivity contribution in [2.24, 2.45) is 10.7 Å². The lowest BCUT2D eigenvalue weighted by atomic mass is 10.1. The molecule has 1 rings (SSSR count). The van der Waals surface area contributed by atoms with Gasteiger partial charge in [0.1, 0.15) is 5.75 Å². The monoisotopic (exact) mass is 264 g/mol. The number of carbonyl (C=O) groups is 1. The Balaban J connectivity index is 2.94. The predicted molar refractivity (Wildman–Crippen MR) is 76.8 cm³/mol. The van der Waals surface area contributed by atoms with Crippen molar-refractivity contribution in [2.45, 2.75) is 20.8 Å². The molecule has 0 aliphatic heterocycles. The van der Waals surface area contributed by atoms with E-state index in [1.54, 1.807) is 0 Å². The number of nitrogens with zero attached hydrogens (tertiary/aromatic N) is 1. The molecule has 0 spiro atoms. The van der Waals surface area contributed by atoms with Gasteiger partial charge in [0.25, 0.3) is 0 Å². The lowest BCUT2D eigenvalue weighted by molar-refractivity contribution is 0.256. The predicted octanol–water partition coefficient (Wildman–Crippen LogP) is 1.77. The number of ether oxygens (including phenoxy) is 1. The molecule has 6 nitrogen and oxygen atoms in total. The number of anilines is 1. The molecule has 2 amide bonds. The van der Waals surface area contributed by atoms with Gasteiger partial charge in [-0.15, -0.1) is 0 Å². The summed E-state index contributed by atoms with van der Waals surface area (Å²) in [4.78, 5) is 15.4. The molecule has 6 heteroatoms. The Morgan fingerprint density at radius 1 is 1.42 bits per heavy atom. The minimum absolute atomic E-state index is 0.0637. The molecule has 19 heavy (non-hydrogen) atoms. The number of amides is 2. The normalized spacial score (nSPS) is 11.1. The first-order valence-electron chi connectivity index (χ1n) is 6.02. The summed E-state index contributed by atoms with van der Waals surface area (Å²) < 4.78 is 5.50. The van der Waals surface area contributed by atoms with E-state index in [4.69, 9.17) is 10.5 Å². The lowest BCUT2D eigenvalue weighted by Gasteiger charge is -2.15. The molecule has 0 heterocycles. The van der Waals surface area contributed by atoms with Crippen LogP contribution in [0, 0.1) is 13.8 Å². The van der Waals surface area contributed by atoms with E-state index < -0.39 is 6.03 Å². The number of nitrogens with one attached hydrogen (secondary N) is 2. The Kier molecular flexibility index (Phi) is 5.17. The highest BCUT2D eigenvalue weighted by Crippen LogP contribution is 2.28. The van der Waals surface area contributed by atoms with Gasteiger partial charge in [0, 0.05) is 12.6 Å². The van der Waals surface area contributed by atoms with Gasteiger partial charge >= 0.3 is 6.03 Å². The van der Waals surface area contributed by atoms with Gasteiger partial charge < -0.3 is 15.8 Å². The summed E-state index contributed by atoms with van der Waals surface area (Å²) in [5.41, 5.74) is 7.98. The molecule has 0 radical (unpaired) electrons. The van der Waals surface area contributed by atoms with E-state index in [2.05, 4.69) is 15.6 Å². The van der Waals surface area contributed by atoms with Crippen LogP contribution in [0.1, 0.15) is 18.1 Å². The summed E-state index contributed by atoms with van der Waals surface area (Å²) in [6.07, 6.45) is 0. The average Bonchev–Trinajstić information content (AvgIpc) is 2.38. The summed E-state index contributed by atoms with van der Waals surface area (Å²) in [6, 6.07) is 3.35. The smallest absolute Gasteiger partial charge is 0.326 e. The SMILES string of the molecule is CCOc1ccc(C)c(NC(=O)NC(N)=NC)c1C. The van der Waals surface area contributed by atoms with Crippen LogP contribution in [0.3, 0.4) is 0 Å². The number of benzene rings is 1. The molecule has 0 atom stereocenters. The molecule has 0 aromatic heterocycles. The summed E-state index contributed by atoms with van der Waals surface area (Å²) in [6.45, 7) is 6.29. The average molecular weight is 264 g/mol. The highest BCUT2D eigenvalue weighted by Gasteiger charge is 2.11. The standard InChI is InChI=1S/C13H20N4O2/c1-5-19-10-7-6-8(2)11(9(10)3)16-13(18)17-12(14)15-4/h6-7H,5H2,1-4H3,(H4,14,15,16,17,18). The van der Waals surface area contributed by atoms with Gasteiger partial charge in [-0.3, -0.25) is 10.3 Å². The van der Waals surface area contributed by atoms with Gasteiger partial charge in [-0.25, -0.2) is 4.79 Å². The molecule has 0 unspecified atom stereocenters. The van der Waals surface area contributed by atoms with Crippen LogP contribution in [0.4, 0.5) is 10.5 Å². The number of urea groups is 1. The van der Waals surface area contributed by atoms with Crippen molar-refractivity contribution in [1.29, 1.82) is 0 Å². The van der Waals surface area contributed by atoms with Gasteiger partial charge in [0.15, 0.2) is 5.96 Å². The first-order chi connectivity index (χ1) is 8.99. The van der Waals surface area contributed by atoms with E-state index in [-0.39, 0.29) is 5.96 Å². The Hall–Kier alpha value is -2.24. The maximum Gasteiger partial charge on any atom is 0.326 e. The fourth-order valence-electron chi connectivity index (χ4n) is 1.65. The molecule has 0 aliphatic carbocycles. The van der Waals surface area contributed by atoms with Crippen LogP contribution in [0.2, 0.25) is 0 Å². The number of aryl methyl sites for hydroxylation is 1. The molecule has 104 valence electrons. The number of rotatable bonds is 3. The molecule has 0 saturated carbocycles. The molecule has 0 aliphatic rings. The molecule has 0 bridgehead atoms. The number of hydrogen-bond acceptors (Lipinski definition) is 3. The molecule has 0 fully saturated rings. The van der Waals surface area contributed by atoms with Crippen LogP contribution in [-0.2, 0) is 0 Å². The third-order valence-electron chi connectivity index (χ3n) is 2.64. The fourth-order valence-corrected chi connectivity index (χ4v) is 1.65. The van der Waals surface area contributed by atoms with Crippen LogP contribution in [0.5, 0.6) is 5.75 Å². The highest BCUT2D eigenvalue weighted by atomic mass is 16.5. The number of nitrogens with two attached hydrogens (primary N) is 1. The molecular weight excluding hydrogens is 244 g/mol. The van der Waals surface area contributed by atoms with Crippen molar-refractivity contribution >= 4 is 17.7 Å². The van der Waals surface area contributed by atoms with Crippen LogP contribution >= 0.6 is 0 Å². The van der Waals surface area contributed by atoms with E-state index in [0.717, 1.165) is 16.9 Å². The van der Waals surface area contributed by atoms with Gasteiger partial charge in [0.2, 0.25) is 0 Å². The van der Waals surface area contributed by atoms with Crippen LogP contribution in [0.15, 0.2) is 17.1 Å². The van der Waals surface area contributed by atoms with Gasteiger partial charge in [-0.1, -0.05) is 6.07 Å². The second-order valence-corrected chi connectivity index (χ2v) is 4.00. The number of guanidine groups is 1. The largest absolute Gasteiger partial charge is 0.494 e. The van der Waals surface area contributed by atoms with Gasteiger partial charge in [0.05, 0.1) is 12.3 Å². The Labute approximate surface area is 113 Å². The third kappa shape index (κ3) is 3.87. The van der Waals surface area contributed by atoms with Gasteiger partial charge in [-0.2, -0.15) is 0 Å². The van der Waals surface area contributed by atoms with E-state index >= 15 is 0 Å². The highest BCUT2D eigenvalue weighted by molar-refractivity contribution is 6.02. The second kappa shape index (κ2) is 6.63. The Morgan fingerprint density at radius 3 is 2.68 bits per heavy atom. The van der Waals surface area contributed by atoms with Crippen molar-refractivity contribution in [3.8, 4) is 5.75 Å². The minimum Gasteiger partial charge on any atom is -0.494 e. The number of carbonyl (C=O) groups excluding carboxylic acids is 1. The minimum atomic E-state index is -0.428. The van der Waals surface area contributed by atoms with Crippen molar-refractivity contribution in [2.75, 3.05) is 19.0 Å². The third-order valence-corrected chi connectivity index (χ3v) is 2.64. The van der Waals surface area contributed by atoms with Gasteiger partial charge in [-0.05, 0) is 32.4 Å². The van der Waals surface area contributed by atoms with Crippen molar-refractivity contribution < 1.29 is 9.53 Å². The van der Waals surface area contributed by atoms with Crippen LogP contribution < -0.4 is 21.1 Å². The summed E-state index contributed by atoms with van der Waals surface area (Å²) in [5, 5.41) is 5.17. The fraction of sp³-hybridized carbons (Fsp3) is 0.385. The zero-order valence-electron chi connectivity index (χ0n) is 11.7. The zero-order valence-corrected chi connectivity index (χ0v) is 11.7. The van der Waals surface area contributed by atoms with E-state index in [0.29, 0.717) is 12.3 Å². The summed E-state index contributed by atoms with van der Waals surface area (Å²) in [5.74, 6) is 0.814. The maximum atomic E-state index is 11.7. The first kappa shape index (κ1) is 14.8. The quantitative estimate of drug-likeness (QED) is 0.574. The lowest BCUT2D eigenvalue weighted by Crippen LogP contribution is -2.39. The van der Waals surface area contributed by atoms with Crippen molar-refractivity contribution in [3.05, 3.63) is 23.3 Å². The molecular formula is C13H20N4O2. The number of hydrogen-bond donors (Lipinski definition) is 3. The molecule has 1 aromatic carbocycles. The van der Waals surface area contributed by atoms with Crippen LogP contribution in [0.25, 0.3) is 0 Å². The maximum absolute atomic E-state index is 11.7. The zero-order chi connectivity index (χ0) is 14.4. The topological polar surface area (TPSA) is 88.7 Å². The Morgan fingerprint density at radius 2 is 2.11 bits per heavy atom. The van der Waals surface area contributed by atoms with Crippen molar-refractivity contribution in [1.82, 2.24) is 5.32 Å². The Bertz CT molecular complexity index is 498.